The molecule has 104 valence electrons. The number of carbonyl (C=O) groups is 1. The van der Waals surface area contributed by atoms with Crippen LogP contribution >= 0.6 is 11.3 Å². The third-order valence-corrected chi connectivity index (χ3v) is 3.29. The van der Waals surface area contributed by atoms with Gasteiger partial charge < -0.3 is 5.32 Å². The van der Waals surface area contributed by atoms with E-state index in [1.807, 2.05) is 16.8 Å². The lowest BCUT2D eigenvalue weighted by Gasteiger charge is -2.06. The molecule has 2 heterocycles. The molecule has 0 saturated carbocycles. The molecule has 0 aromatic carbocycles. The van der Waals surface area contributed by atoms with Crippen molar-refractivity contribution in [2.24, 2.45) is 0 Å². The highest BCUT2D eigenvalue weighted by atomic mass is 32.1. The number of nitrogens with one attached hydrogen (secondary N) is 1. The summed E-state index contributed by atoms with van der Waals surface area (Å²) >= 11 is 1.52. The summed E-state index contributed by atoms with van der Waals surface area (Å²) in [7, 11) is 0. The average Bonchev–Trinajstić information content (AvgIpc) is 2.92. The minimum absolute atomic E-state index is 0.227. The van der Waals surface area contributed by atoms with Gasteiger partial charge in [-0.15, -0.1) is 0 Å². The highest BCUT2D eigenvalue weighted by Gasteiger charge is 2.10. The second-order valence-electron chi connectivity index (χ2n) is 4.02. The maximum absolute atomic E-state index is 11.7. The van der Waals surface area contributed by atoms with Crippen molar-refractivity contribution in [3.05, 3.63) is 61.2 Å². The molecule has 2 rings (SSSR count). The van der Waals surface area contributed by atoms with Crippen molar-refractivity contribution in [3.63, 3.8) is 0 Å². The largest absolute Gasteiger partial charge is 0.350 e. The number of nitrogens with zero attached hydrogens (tertiary/aromatic N) is 2. The van der Waals surface area contributed by atoms with Crippen LogP contribution in [0.3, 0.4) is 0 Å². The van der Waals surface area contributed by atoms with E-state index in [4.69, 9.17) is 0 Å². The molecule has 0 aliphatic rings. The molecule has 0 unspecified atom stereocenters. The zero-order valence-corrected chi connectivity index (χ0v) is 11.1. The predicted molar refractivity (Wildman–Crippen MR) is 73.5 cm³/mol. The first kappa shape index (κ1) is 13.9. The average molecular weight is 293 g/mol. The summed E-state index contributed by atoms with van der Waals surface area (Å²) in [6.45, 7) is 0.122. The number of nitro groups is 1. The molecule has 0 aliphatic heterocycles. The van der Waals surface area contributed by atoms with Gasteiger partial charge in [-0.3, -0.25) is 24.3 Å². The molecule has 0 saturated heterocycles. The fourth-order valence-corrected chi connectivity index (χ4v) is 2.22. The van der Waals surface area contributed by atoms with E-state index in [2.05, 4.69) is 5.32 Å². The van der Waals surface area contributed by atoms with Crippen LogP contribution in [0.15, 0.2) is 40.0 Å². The molecule has 0 spiro atoms. The Hall–Kier alpha value is -2.48. The Kier molecular flexibility index (Phi) is 4.26. The molecule has 20 heavy (non-hydrogen) atoms. The molecule has 0 aliphatic carbocycles. The molecule has 2 aromatic heterocycles. The van der Waals surface area contributed by atoms with Crippen LogP contribution in [0.4, 0.5) is 5.69 Å². The lowest BCUT2D eigenvalue weighted by atomic mass is 10.3. The van der Waals surface area contributed by atoms with Gasteiger partial charge in [0.05, 0.1) is 11.1 Å². The zero-order chi connectivity index (χ0) is 14.5. The van der Waals surface area contributed by atoms with Crippen LogP contribution in [-0.2, 0) is 17.9 Å². The fraction of sp³-hybridized carbons (Fsp3) is 0.167. The monoisotopic (exact) mass is 293 g/mol. The third-order valence-electron chi connectivity index (χ3n) is 2.56. The van der Waals surface area contributed by atoms with Crippen LogP contribution < -0.4 is 10.9 Å². The Morgan fingerprint density at radius 2 is 2.20 bits per heavy atom. The Morgan fingerprint density at radius 3 is 2.85 bits per heavy atom. The molecule has 0 atom stereocenters. The van der Waals surface area contributed by atoms with E-state index in [1.54, 1.807) is 0 Å². The van der Waals surface area contributed by atoms with E-state index in [0.29, 0.717) is 6.54 Å². The second-order valence-corrected chi connectivity index (χ2v) is 4.80. The van der Waals surface area contributed by atoms with Crippen LogP contribution in [0.1, 0.15) is 5.56 Å². The summed E-state index contributed by atoms with van der Waals surface area (Å²) in [4.78, 5) is 33.2. The zero-order valence-electron chi connectivity index (χ0n) is 10.3. The summed E-state index contributed by atoms with van der Waals surface area (Å²) in [6.07, 6.45) is 1.06. The van der Waals surface area contributed by atoms with Crippen molar-refractivity contribution in [1.29, 1.82) is 0 Å². The second kappa shape index (κ2) is 6.11. The third kappa shape index (κ3) is 3.51. The molecule has 1 N–H and O–H groups in total. The topological polar surface area (TPSA) is 94.2 Å². The number of aromatic nitrogens is 1. The Labute approximate surface area is 117 Å². The van der Waals surface area contributed by atoms with Crippen LogP contribution in [0.25, 0.3) is 0 Å². The van der Waals surface area contributed by atoms with Crippen molar-refractivity contribution in [2.75, 3.05) is 0 Å². The first-order chi connectivity index (χ1) is 9.56. The summed E-state index contributed by atoms with van der Waals surface area (Å²) < 4.78 is 1.01. The minimum Gasteiger partial charge on any atom is -0.350 e. The summed E-state index contributed by atoms with van der Waals surface area (Å²) in [5, 5.41) is 17.1. The molecule has 8 heteroatoms. The summed E-state index contributed by atoms with van der Waals surface area (Å²) in [5.74, 6) is -0.376. The molecule has 0 radical (unpaired) electrons. The number of pyridine rings is 1. The van der Waals surface area contributed by atoms with Gasteiger partial charge in [0.2, 0.25) is 5.91 Å². The van der Waals surface area contributed by atoms with Crippen LogP contribution in [0, 0.1) is 10.1 Å². The Balaban J connectivity index is 2.02. The van der Waals surface area contributed by atoms with E-state index in [0.717, 1.165) is 28.5 Å². The van der Waals surface area contributed by atoms with Crippen LogP contribution in [0.5, 0.6) is 0 Å². The minimum atomic E-state index is -0.612. The van der Waals surface area contributed by atoms with Gasteiger partial charge in [0.25, 0.3) is 11.2 Å². The molecule has 0 fully saturated rings. The van der Waals surface area contributed by atoms with Gasteiger partial charge in [0.15, 0.2) is 0 Å². The first-order valence-electron chi connectivity index (χ1n) is 5.69. The number of carbonyl (C=O) groups excluding carboxylic acids is 1. The van der Waals surface area contributed by atoms with Crippen LogP contribution in [-0.4, -0.2) is 15.4 Å². The Morgan fingerprint density at radius 1 is 1.40 bits per heavy atom. The summed E-state index contributed by atoms with van der Waals surface area (Å²) in [5.41, 5.74) is 0.284. The van der Waals surface area contributed by atoms with Crippen molar-refractivity contribution in [3.8, 4) is 0 Å². The molecule has 0 bridgehead atoms. The fourth-order valence-electron chi connectivity index (χ4n) is 1.55. The van der Waals surface area contributed by atoms with E-state index in [9.17, 15) is 19.7 Å². The quantitative estimate of drug-likeness (QED) is 0.660. The highest BCUT2D eigenvalue weighted by molar-refractivity contribution is 7.07. The van der Waals surface area contributed by atoms with Gasteiger partial charge in [-0.05, 0) is 22.4 Å². The summed E-state index contributed by atoms with van der Waals surface area (Å²) in [6, 6.07) is 4.07. The number of thiophene rings is 1. The highest BCUT2D eigenvalue weighted by Crippen LogP contribution is 2.07. The lowest BCUT2D eigenvalue weighted by Crippen LogP contribution is -2.31. The van der Waals surface area contributed by atoms with Gasteiger partial charge in [-0.2, -0.15) is 11.3 Å². The van der Waals surface area contributed by atoms with Gasteiger partial charge in [0, 0.05) is 18.7 Å². The maximum Gasteiger partial charge on any atom is 0.285 e. The van der Waals surface area contributed by atoms with Crippen LogP contribution in [0.2, 0.25) is 0 Å². The number of hydrogen-bond donors (Lipinski definition) is 1. The smallest absolute Gasteiger partial charge is 0.285 e. The lowest BCUT2D eigenvalue weighted by molar-refractivity contribution is -0.385. The standard InChI is InChI=1S/C12H11N3O4S/c16-11(13-5-9-3-4-20-8-9)7-14-6-10(15(18)19)1-2-12(14)17/h1-4,6,8H,5,7H2,(H,13,16). The van der Waals surface area contributed by atoms with Gasteiger partial charge in [0.1, 0.15) is 6.54 Å². The number of rotatable bonds is 5. The molecule has 7 nitrogen and oxygen atoms in total. The maximum atomic E-state index is 11.7. The van der Waals surface area contributed by atoms with Crippen molar-refractivity contribution in [1.82, 2.24) is 9.88 Å². The number of hydrogen-bond acceptors (Lipinski definition) is 5. The van der Waals surface area contributed by atoms with Crippen molar-refractivity contribution < 1.29 is 9.72 Å². The van der Waals surface area contributed by atoms with Crippen molar-refractivity contribution >= 4 is 22.9 Å². The van der Waals surface area contributed by atoms with Gasteiger partial charge in [-0.25, -0.2) is 0 Å². The predicted octanol–water partition coefficient (Wildman–Crippen LogP) is 1.13. The van der Waals surface area contributed by atoms with Gasteiger partial charge in [-0.1, -0.05) is 0 Å². The number of amides is 1. The van der Waals surface area contributed by atoms with E-state index in [-0.39, 0.29) is 18.1 Å². The van der Waals surface area contributed by atoms with Gasteiger partial charge >= 0.3 is 0 Å². The molecule has 2 aromatic rings. The molecular weight excluding hydrogens is 282 g/mol. The van der Waals surface area contributed by atoms with E-state index >= 15 is 0 Å². The van der Waals surface area contributed by atoms with Crippen molar-refractivity contribution in [2.45, 2.75) is 13.1 Å². The SMILES string of the molecule is O=C(Cn1cc([N+](=O)[O-])ccc1=O)NCc1ccsc1. The van der Waals surface area contributed by atoms with E-state index in [1.165, 1.54) is 11.3 Å². The molecular formula is C12H11N3O4S. The Bertz CT molecular complexity index is 678. The normalized spacial score (nSPS) is 10.2. The first-order valence-corrected chi connectivity index (χ1v) is 6.63. The molecule has 1 amide bonds. The van der Waals surface area contributed by atoms with E-state index < -0.39 is 10.5 Å².